The van der Waals surface area contributed by atoms with Crippen LogP contribution in [0.3, 0.4) is 0 Å². The molecule has 1 aromatic heterocycles. The quantitative estimate of drug-likeness (QED) is 0.603. The minimum Gasteiger partial charge on any atom is -0.467 e. The molecule has 0 saturated heterocycles. The van der Waals surface area contributed by atoms with Crippen LogP contribution in [0.25, 0.3) is 0 Å². The minimum atomic E-state index is -0.519. The van der Waals surface area contributed by atoms with E-state index < -0.39 is 6.04 Å². The van der Waals surface area contributed by atoms with Gasteiger partial charge in [-0.25, -0.2) is 4.99 Å². The maximum absolute atomic E-state index is 11.7. The van der Waals surface area contributed by atoms with E-state index in [1.165, 1.54) is 13.2 Å². The lowest BCUT2D eigenvalue weighted by Crippen LogP contribution is -2.38. The number of hydrogen-bond donors (Lipinski definition) is 2. The Morgan fingerprint density at radius 3 is 3.00 bits per heavy atom. The highest BCUT2D eigenvalue weighted by Crippen LogP contribution is 2.30. The Labute approximate surface area is 104 Å². The van der Waals surface area contributed by atoms with Gasteiger partial charge in [0.05, 0.1) is 6.26 Å². The topological polar surface area (TPSA) is 90.4 Å². The monoisotopic (exact) mass is 244 g/mol. The normalized spacial score (nSPS) is 18.7. The van der Waals surface area contributed by atoms with Gasteiger partial charge in [0.25, 0.3) is 0 Å². The molecule has 0 saturated carbocycles. The Bertz CT molecular complexity index is 563. The van der Waals surface area contributed by atoms with Gasteiger partial charge < -0.3 is 9.73 Å². The molecule has 6 heteroatoms. The van der Waals surface area contributed by atoms with Gasteiger partial charge in [-0.2, -0.15) is 5.26 Å². The van der Waals surface area contributed by atoms with Crippen molar-refractivity contribution < 1.29 is 9.21 Å². The average molecular weight is 244 g/mol. The molecule has 0 aromatic carbocycles. The van der Waals surface area contributed by atoms with Gasteiger partial charge in [0.15, 0.2) is 12.0 Å². The lowest BCUT2D eigenvalue weighted by molar-refractivity contribution is -0.114. The van der Waals surface area contributed by atoms with Crippen molar-refractivity contribution >= 4 is 11.7 Å². The highest BCUT2D eigenvalue weighted by Gasteiger charge is 2.28. The van der Waals surface area contributed by atoms with Gasteiger partial charge in [0.2, 0.25) is 5.96 Å². The minimum absolute atomic E-state index is 0.0823. The molecule has 1 atom stereocenters. The van der Waals surface area contributed by atoms with Gasteiger partial charge >= 0.3 is 0 Å². The Balaban J connectivity index is 2.44. The van der Waals surface area contributed by atoms with Gasteiger partial charge in [-0.1, -0.05) is 0 Å². The summed E-state index contributed by atoms with van der Waals surface area (Å²) in [5.74, 6) is 0.792. The van der Waals surface area contributed by atoms with Crippen LogP contribution < -0.4 is 10.6 Å². The van der Waals surface area contributed by atoms with Crippen molar-refractivity contribution in [3.05, 3.63) is 35.4 Å². The zero-order chi connectivity index (χ0) is 13.1. The third-order valence-electron chi connectivity index (χ3n) is 2.61. The molecule has 1 aromatic rings. The number of nitrogens with one attached hydrogen (secondary N) is 2. The third kappa shape index (κ3) is 2.11. The first-order chi connectivity index (χ1) is 8.63. The fourth-order valence-electron chi connectivity index (χ4n) is 1.90. The summed E-state index contributed by atoms with van der Waals surface area (Å²) in [6.07, 6.45) is 3.31. The molecule has 6 nitrogen and oxygen atoms in total. The van der Waals surface area contributed by atoms with E-state index in [1.807, 2.05) is 0 Å². The molecule has 2 heterocycles. The summed E-state index contributed by atoms with van der Waals surface area (Å²) < 4.78 is 5.30. The van der Waals surface area contributed by atoms with E-state index in [4.69, 9.17) is 9.68 Å². The summed E-state index contributed by atoms with van der Waals surface area (Å²) >= 11 is 0. The van der Waals surface area contributed by atoms with Gasteiger partial charge in [-0.15, -0.1) is 0 Å². The molecule has 0 bridgehead atoms. The molecule has 2 N–H and O–H groups in total. The molecule has 0 aliphatic carbocycles. The van der Waals surface area contributed by atoms with Crippen molar-refractivity contribution in [1.29, 1.82) is 5.26 Å². The SMILES string of the molecule is CC(=O)C1=C(C)NC(NC#N)=N[C@H]1c1ccco1. The zero-order valence-corrected chi connectivity index (χ0v) is 10.0. The van der Waals surface area contributed by atoms with E-state index in [2.05, 4.69) is 15.6 Å². The molecular weight excluding hydrogens is 232 g/mol. The van der Waals surface area contributed by atoms with Crippen LogP contribution in [0.2, 0.25) is 0 Å². The molecule has 0 unspecified atom stereocenters. The van der Waals surface area contributed by atoms with Crippen LogP contribution in [0.5, 0.6) is 0 Å². The number of nitriles is 1. The largest absolute Gasteiger partial charge is 0.467 e. The van der Waals surface area contributed by atoms with E-state index in [0.29, 0.717) is 23.0 Å². The molecule has 0 radical (unpaired) electrons. The number of nitrogens with zero attached hydrogens (tertiary/aromatic N) is 2. The second-order valence-electron chi connectivity index (χ2n) is 3.85. The van der Waals surface area contributed by atoms with E-state index in [0.717, 1.165) is 0 Å². The number of rotatable bonds is 2. The van der Waals surface area contributed by atoms with Crippen molar-refractivity contribution in [1.82, 2.24) is 10.6 Å². The fraction of sp³-hybridized carbons (Fsp3) is 0.250. The second-order valence-corrected chi connectivity index (χ2v) is 3.85. The first kappa shape index (κ1) is 11.9. The molecule has 1 aliphatic rings. The fourth-order valence-corrected chi connectivity index (χ4v) is 1.90. The molecule has 0 spiro atoms. The Morgan fingerprint density at radius 1 is 1.67 bits per heavy atom. The Kier molecular flexibility index (Phi) is 3.15. The summed E-state index contributed by atoms with van der Waals surface area (Å²) in [6.45, 7) is 3.25. The molecular formula is C12H12N4O2. The molecule has 0 fully saturated rings. The molecule has 18 heavy (non-hydrogen) atoms. The summed E-state index contributed by atoms with van der Waals surface area (Å²) in [4.78, 5) is 16.0. The zero-order valence-electron chi connectivity index (χ0n) is 10.0. The number of ketones is 1. The van der Waals surface area contributed by atoms with Crippen LogP contribution in [-0.2, 0) is 4.79 Å². The van der Waals surface area contributed by atoms with Crippen LogP contribution in [0.4, 0.5) is 0 Å². The second kappa shape index (κ2) is 4.75. The maximum Gasteiger partial charge on any atom is 0.210 e. The van der Waals surface area contributed by atoms with E-state index in [-0.39, 0.29) is 5.78 Å². The predicted molar refractivity (Wildman–Crippen MR) is 64.1 cm³/mol. The summed E-state index contributed by atoms with van der Waals surface area (Å²) in [7, 11) is 0. The first-order valence-electron chi connectivity index (χ1n) is 5.38. The Morgan fingerprint density at radius 2 is 2.44 bits per heavy atom. The standard InChI is InChI=1S/C12H12N4O2/c1-7-10(8(2)17)11(9-4-3-5-18-9)16-12(15-7)14-6-13/h3-5,11H,1-2H3,(H2,14,15,16)/t11-/m0/s1. The third-order valence-corrected chi connectivity index (χ3v) is 2.61. The van der Waals surface area contributed by atoms with Crippen molar-refractivity contribution in [3.8, 4) is 6.19 Å². The highest BCUT2D eigenvalue weighted by molar-refractivity contribution is 5.98. The predicted octanol–water partition coefficient (Wildman–Crippen LogP) is 1.21. The van der Waals surface area contributed by atoms with Crippen molar-refractivity contribution in [2.24, 2.45) is 4.99 Å². The number of hydrogen-bond acceptors (Lipinski definition) is 6. The number of carbonyl (C=O) groups is 1. The summed E-state index contributed by atoms with van der Waals surface area (Å²) in [6, 6.07) is 2.96. The number of guanidine groups is 1. The maximum atomic E-state index is 11.7. The van der Waals surface area contributed by atoms with Crippen molar-refractivity contribution in [2.45, 2.75) is 19.9 Å². The van der Waals surface area contributed by atoms with Crippen LogP contribution in [-0.4, -0.2) is 11.7 Å². The number of Topliss-reactive ketones (excluding diaryl/α,β-unsaturated/α-hetero) is 1. The van der Waals surface area contributed by atoms with E-state index in [9.17, 15) is 4.79 Å². The van der Waals surface area contributed by atoms with Gasteiger partial charge in [-0.05, 0) is 26.0 Å². The number of allylic oxidation sites excluding steroid dienone is 1. The number of furan rings is 1. The lowest BCUT2D eigenvalue weighted by atomic mass is 9.98. The first-order valence-corrected chi connectivity index (χ1v) is 5.38. The van der Waals surface area contributed by atoms with Crippen molar-refractivity contribution in [2.75, 3.05) is 0 Å². The van der Waals surface area contributed by atoms with Crippen LogP contribution in [0.15, 0.2) is 39.1 Å². The number of carbonyl (C=O) groups excluding carboxylic acids is 1. The lowest BCUT2D eigenvalue weighted by Gasteiger charge is -2.23. The van der Waals surface area contributed by atoms with E-state index in [1.54, 1.807) is 25.2 Å². The highest BCUT2D eigenvalue weighted by atomic mass is 16.3. The Hall–Kier alpha value is -2.55. The van der Waals surface area contributed by atoms with Crippen LogP contribution >= 0.6 is 0 Å². The summed E-state index contributed by atoms with van der Waals surface area (Å²) in [5.41, 5.74) is 1.20. The average Bonchev–Trinajstić information content (AvgIpc) is 2.81. The molecule has 92 valence electrons. The smallest absolute Gasteiger partial charge is 0.210 e. The molecule has 1 aliphatic heterocycles. The molecule has 2 rings (SSSR count). The van der Waals surface area contributed by atoms with Gasteiger partial charge in [0.1, 0.15) is 11.8 Å². The van der Waals surface area contributed by atoms with Gasteiger partial charge in [-0.3, -0.25) is 10.1 Å². The van der Waals surface area contributed by atoms with Crippen LogP contribution in [0.1, 0.15) is 25.6 Å². The van der Waals surface area contributed by atoms with Crippen LogP contribution in [0, 0.1) is 11.5 Å². The summed E-state index contributed by atoms with van der Waals surface area (Å²) in [5, 5.41) is 13.9. The van der Waals surface area contributed by atoms with Gasteiger partial charge in [0, 0.05) is 11.3 Å². The number of aliphatic imine (C=N–C) groups is 1. The molecule has 0 amide bonds. The van der Waals surface area contributed by atoms with E-state index >= 15 is 0 Å². The van der Waals surface area contributed by atoms with Crippen molar-refractivity contribution in [3.63, 3.8) is 0 Å².